The Morgan fingerprint density at radius 2 is 1.94 bits per heavy atom. The second-order valence-corrected chi connectivity index (χ2v) is 3.93. The van der Waals surface area contributed by atoms with Crippen molar-refractivity contribution in [2.45, 2.75) is 39.0 Å². The van der Waals surface area contributed by atoms with Gasteiger partial charge < -0.3 is 9.64 Å². The number of nitrogens with zero attached hydrogens (tertiary/aromatic N) is 1. The number of hydrogen-bond donors (Lipinski definition) is 0. The summed E-state index contributed by atoms with van der Waals surface area (Å²) in [4.78, 5) is 23.2. The minimum absolute atomic E-state index is 0.337. The highest BCUT2D eigenvalue weighted by Gasteiger charge is 2.02. The molecule has 17 heavy (non-hydrogen) atoms. The molecule has 4 heteroatoms. The molecule has 0 aromatic heterocycles. The van der Waals surface area contributed by atoms with Crippen molar-refractivity contribution in [1.82, 2.24) is 4.90 Å². The van der Waals surface area contributed by atoms with Crippen molar-refractivity contribution in [3.63, 3.8) is 0 Å². The molecular formula is C13H23NO3. The average molecular weight is 241 g/mol. The van der Waals surface area contributed by atoms with E-state index in [1.165, 1.54) is 12.8 Å². The monoisotopic (exact) mass is 241 g/mol. The van der Waals surface area contributed by atoms with E-state index >= 15 is 0 Å². The summed E-state index contributed by atoms with van der Waals surface area (Å²) in [5, 5.41) is 0. The van der Waals surface area contributed by atoms with E-state index in [1.807, 2.05) is 0 Å². The summed E-state index contributed by atoms with van der Waals surface area (Å²) in [6.07, 6.45) is 7.28. The Kier molecular flexibility index (Phi) is 10.3. The molecule has 0 saturated heterocycles. The van der Waals surface area contributed by atoms with Crippen molar-refractivity contribution >= 4 is 12.4 Å². The minimum Gasteiger partial charge on any atom is -0.462 e. The predicted molar refractivity (Wildman–Crippen MR) is 67.6 cm³/mol. The van der Waals surface area contributed by atoms with Gasteiger partial charge in [-0.25, -0.2) is 4.79 Å². The Morgan fingerprint density at radius 1 is 1.24 bits per heavy atom. The third kappa shape index (κ3) is 9.60. The van der Waals surface area contributed by atoms with E-state index in [9.17, 15) is 9.59 Å². The Hall–Kier alpha value is -1.32. The quantitative estimate of drug-likeness (QED) is 0.241. The molecule has 0 rings (SSSR count). The van der Waals surface area contributed by atoms with Crippen molar-refractivity contribution in [2.75, 3.05) is 19.7 Å². The van der Waals surface area contributed by atoms with Crippen LogP contribution in [0, 0.1) is 0 Å². The first-order valence-corrected chi connectivity index (χ1v) is 6.23. The maximum atomic E-state index is 10.8. The van der Waals surface area contributed by atoms with Crippen molar-refractivity contribution in [3.8, 4) is 0 Å². The van der Waals surface area contributed by atoms with Crippen molar-refractivity contribution in [2.24, 2.45) is 0 Å². The normalized spacial score (nSPS) is 9.71. The molecule has 0 aliphatic rings. The Bertz CT molecular complexity index is 229. The number of rotatable bonds is 11. The van der Waals surface area contributed by atoms with Crippen molar-refractivity contribution in [1.29, 1.82) is 0 Å². The molecule has 0 aliphatic carbocycles. The largest absolute Gasteiger partial charge is 0.462 e. The second kappa shape index (κ2) is 11.2. The first kappa shape index (κ1) is 15.7. The lowest BCUT2D eigenvalue weighted by molar-refractivity contribution is -0.137. The van der Waals surface area contributed by atoms with Crippen LogP contribution in [0.1, 0.15) is 39.0 Å². The molecule has 0 fully saturated rings. The highest BCUT2D eigenvalue weighted by Crippen LogP contribution is 2.01. The van der Waals surface area contributed by atoms with E-state index in [-0.39, 0.29) is 0 Å². The standard InChI is InChI=1S/C13H23NO3/c1-3-5-6-7-9-14(12-15)10-8-11-17-13(16)4-2/h4,12H,2-3,5-11H2,1H3. The molecule has 0 aromatic rings. The van der Waals surface area contributed by atoms with Crippen LogP contribution in [0.5, 0.6) is 0 Å². The van der Waals surface area contributed by atoms with Gasteiger partial charge in [0.2, 0.25) is 6.41 Å². The lowest BCUT2D eigenvalue weighted by atomic mass is 10.2. The summed E-state index contributed by atoms with van der Waals surface area (Å²) >= 11 is 0. The summed E-state index contributed by atoms with van der Waals surface area (Å²) in [5.41, 5.74) is 0. The maximum absolute atomic E-state index is 10.8. The lowest BCUT2D eigenvalue weighted by Crippen LogP contribution is -2.25. The van der Waals surface area contributed by atoms with E-state index in [0.29, 0.717) is 19.6 Å². The first-order chi connectivity index (χ1) is 8.24. The van der Waals surface area contributed by atoms with Crippen LogP contribution in [-0.2, 0) is 14.3 Å². The zero-order valence-electron chi connectivity index (χ0n) is 10.7. The highest BCUT2D eigenvalue weighted by atomic mass is 16.5. The number of carbonyl (C=O) groups excluding carboxylic acids is 2. The molecule has 0 spiro atoms. The fourth-order valence-electron chi connectivity index (χ4n) is 1.46. The molecule has 0 radical (unpaired) electrons. The first-order valence-electron chi connectivity index (χ1n) is 6.23. The molecule has 0 bridgehead atoms. The molecular weight excluding hydrogens is 218 g/mol. The van der Waals surface area contributed by atoms with E-state index in [0.717, 1.165) is 31.9 Å². The van der Waals surface area contributed by atoms with Crippen LogP contribution in [0.3, 0.4) is 0 Å². The molecule has 0 atom stereocenters. The van der Waals surface area contributed by atoms with E-state index < -0.39 is 5.97 Å². The number of amides is 1. The molecule has 4 nitrogen and oxygen atoms in total. The van der Waals surface area contributed by atoms with Crippen LogP contribution in [0.2, 0.25) is 0 Å². The van der Waals surface area contributed by atoms with E-state index in [4.69, 9.17) is 4.74 Å². The summed E-state index contributed by atoms with van der Waals surface area (Å²) < 4.78 is 4.83. The van der Waals surface area contributed by atoms with Gasteiger partial charge in [0.1, 0.15) is 0 Å². The summed E-state index contributed by atoms with van der Waals surface area (Å²) in [7, 11) is 0. The number of hydrogen-bond acceptors (Lipinski definition) is 3. The molecule has 0 aliphatic heterocycles. The minimum atomic E-state index is -0.411. The fraction of sp³-hybridized carbons (Fsp3) is 0.692. The van der Waals surface area contributed by atoms with Crippen LogP contribution in [0.15, 0.2) is 12.7 Å². The van der Waals surface area contributed by atoms with Gasteiger partial charge in [-0.05, 0) is 12.8 Å². The molecule has 0 aromatic carbocycles. The zero-order chi connectivity index (χ0) is 12.9. The summed E-state index contributed by atoms with van der Waals surface area (Å²) in [6.45, 7) is 7.23. The Morgan fingerprint density at radius 3 is 2.53 bits per heavy atom. The van der Waals surface area contributed by atoms with Crippen LogP contribution < -0.4 is 0 Å². The number of ether oxygens (including phenoxy) is 1. The Balaban J connectivity index is 3.50. The van der Waals surface area contributed by atoms with Gasteiger partial charge in [-0.3, -0.25) is 4.79 Å². The molecule has 1 amide bonds. The molecule has 0 N–H and O–H groups in total. The third-order valence-corrected chi connectivity index (χ3v) is 2.45. The average Bonchev–Trinajstić information content (AvgIpc) is 2.36. The number of esters is 1. The van der Waals surface area contributed by atoms with Gasteiger partial charge in [0.15, 0.2) is 0 Å². The topological polar surface area (TPSA) is 46.6 Å². The van der Waals surface area contributed by atoms with Crippen LogP contribution in [0.4, 0.5) is 0 Å². The van der Waals surface area contributed by atoms with Gasteiger partial charge >= 0.3 is 5.97 Å². The lowest BCUT2D eigenvalue weighted by Gasteiger charge is -2.16. The van der Waals surface area contributed by atoms with E-state index in [1.54, 1.807) is 4.90 Å². The summed E-state index contributed by atoms with van der Waals surface area (Å²) in [6, 6.07) is 0. The van der Waals surface area contributed by atoms with Gasteiger partial charge in [0.25, 0.3) is 0 Å². The maximum Gasteiger partial charge on any atom is 0.330 e. The smallest absolute Gasteiger partial charge is 0.330 e. The predicted octanol–water partition coefficient (Wildman–Crippen LogP) is 2.14. The van der Waals surface area contributed by atoms with E-state index in [2.05, 4.69) is 13.5 Å². The number of unbranched alkanes of at least 4 members (excludes halogenated alkanes) is 3. The van der Waals surface area contributed by atoms with Gasteiger partial charge in [-0.15, -0.1) is 0 Å². The zero-order valence-corrected chi connectivity index (χ0v) is 10.7. The third-order valence-electron chi connectivity index (χ3n) is 2.45. The second-order valence-electron chi connectivity index (χ2n) is 3.93. The Labute approximate surface area is 104 Å². The van der Waals surface area contributed by atoms with Crippen molar-refractivity contribution < 1.29 is 14.3 Å². The van der Waals surface area contributed by atoms with Gasteiger partial charge in [0, 0.05) is 19.2 Å². The fourth-order valence-corrected chi connectivity index (χ4v) is 1.46. The molecule has 98 valence electrons. The molecule has 0 heterocycles. The van der Waals surface area contributed by atoms with Crippen LogP contribution in [0.25, 0.3) is 0 Å². The molecule has 0 unspecified atom stereocenters. The van der Waals surface area contributed by atoms with Crippen LogP contribution >= 0.6 is 0 Å². The highest BCUT2D eigenvalue weighted by molar-refractivity contribution is 5.81. The van der Waals surface area contributed by atoms with Crippen LogP contribution in [-0.4, -0.2) is 37.0 Å². The van der Waals surface area contributed by atoms with Gasteiger partial charge in [-0.1, -0.05) is 32.8 Å². The number of carbonyl (C=O) groups is 2. The van der Waals surface area contributed by atoms with Crippen molar-refractivity contribution in [3.05, 3.63) is 12.7 Å². The summed E-state index contributed by atoms with van der Waals surface area (Å²) in [5.74, 6) is -0.411. The molecule has 0 saturated carbocycles. The van der Waals surface area contributed by atoms with Gasteiger partial charge in [-0.2, -0.15) is 0 Å². The van der Waals surface area contributed by atoms with Gasteiger partial charge in [0.05, 0.1) is 6.61 Å². The SMILES string of the molecule is C=CC(=O)OCCCN(C=O)CCCCCC.